The summed E-state index contributed by atoms with van der Waals surface area (Å²) in [6.45, 7) is 1.97. The second kappa shape index (κ2) is 5.97. The summed E-state index contributed by atoms with van der Waals surface area (Å²) in [7, 11) is 1.88. The Morgan fingerprint density at radius 1 is 1.15 bits per heavy atom. The van der Waals surface area contributed by atoms with Crippen molar-refractivity contribution in [2.45, 2.75) is 29.3 Å². The van der Waals surface area contributed by atoms with Gasteiger partial charge in [-0.1, -0.05) is 0 Å². The van der Waals surface area contributed by atoms with Gasteiger partial charge in [-0.15, -0.1) is 0 Å². The van der Waals surface area contributed by atoms with Gasteiger partial charge in [0.15, 0.2) is 5.16 Å². The van der Waals surface area contributed by atoms with Crippen LogP contribution in [0.3, 0.4) is 0 Å². The first kappa shape index (κ1) is 13.6. The molecule has 0 bridgehead atoms. The van der Waals surface area contributed by atoms with Crippen molar-refractivity contribution in [2.75, 3.05) is 18.0 Å². The maximum atomic E-state index is 6.02. The van der Waals surface area contributed by atoms with Gasteiger partial charge in [0.05, 0.1) is 11.1 Å². The lowest BCUT2D eigenvalue weighted by atomic mass is 10.1. The lowest BCUT2D eigenvalue weighted by Crippen LogP contribution is -2.31. The minimum absolute atomic E-state index is 0.243. The van der Waals surface area contributed by atoms with Gasteiger partial charge in [0.25, 0.3) is 0 Å². The summed E-state index contributed by atoms with van der Waals surface area (Å²) in [5.74, 6) is 0.677. The summed E-state index contributed by atoms with van der Waals surface area (Å²) >= 11 is 7.46. The Morgan fingerprint density at radius 3 is 2.65 bits per heavy atom. The third-order valence-electron chi connectivity index (χ3n) is 3.11. The van der Waals surface area contributed by atoms with Crippen LogP contribution in [-0.2, 0) is 7.05 Å². The zero-order valence-corrected chi connectivity index (χ0v) is 12.7. The van der Waals surface area contributed by atoms with Gasteiger partial charge in [0, 0.05) is 26.3 Å². The lowest BCUT2D eigenvalue weighted by Gasteiger charge is -2.26. The van der Waals surface area contributed by atoms with Crippen molar-refractivity contribution in [1.82, 2.24) is 24.7 Å². The van der Waals surface area contributed by atoms with Gasteiger partial charge in [0.1, 0.15) is 0 Å². The number of nitrogens with zero attached hydrogens (tertiary/aromatic N) is 6. The van der Waals surface area contributed by atoms with Crippen LogP contribution in [0.2, 0.25) is 5.28 Å². The van der Waals surface area contributed by atoms with Gasteiger partial charge < -0.3 is 4.90 Å². The fraction of sp³-hybridized carbons (Fsp3) is 0.500. The second-order valence-electron chi connectivity index (χ2n) is 4.69. The van der Waals surface area contributed by atoms with E-state index in [0.29, 0.717) is 11.1 Å². The van der Waals surface area contributed by atoms with Gasteiger partial charge in [-0.25, -0.2) is 0 Å². The first-order valence-electron chi connectivity index (χ1n) is 6.54. The fourth-order valence-electron chi connectivity index (χ4n) is 2.16. The molecule has 106 valence electrons. The number of hydrogen-bond donors (Lipinski definition) is 0. The molecule has 8 heteroatoms. The van der Waals surface area contributed by atoms with Gasteiger partial charge in [0.2, 0.25) is 11.2 Å². The summed E-state index contributed by atoms with van der Waals surface area (Å²) in [6, 6.07) is 0. The molecule has 0 spiro atoms. The van der Waals surface area contributed by atoms with Gasteiger partial charge >= 0.3 is 0 Å². The Morgan fingerprint density at radius 2 is 1.95 bits per heavy atom. The summed E-state index contributed by atoms with van der Waals surface area (Å²) in [5.41, 5.74) is 0. The van der Waals surface area contributed by atoms with Gasteiger partial charge in [-0.05, 0) is 42.6 Å². The SMILES string of the molecule is Cn1cc(Sc2nc(Cl)nc(N3CCCCC3)n2)cn1. The van der Waals surface area contributed by atoms with E-state index >= 15 is 0 Å². The highest BCUT2D eigenvalue weighted by molar-refractivity contribution is 7.99. The van der Waals surface area contributed by atoms with Crippen LogP contribution in [0, 0.1) is 0 Å². The molecule has 0 aliphatic carbocycles. The maximum Gasteiger partial charge on any atom is 0.230 e. The topological polar surface area (TPSA) is 59.7 Å². The summed E-state index contributed by atoms with van der Waals surface area (Å²) in [6.07, 6.45) is 7.32. The number of aryl methyl sites for hydroxylation is 1. The van der Waals surface area contributed by atoms with Crippen molar-refractivity contribution in [1.29, 1.82) is 0 Å². The van der Waals surface area contributed by atoms with Crippen LogP contribution in [0.1, 0.15) is 19.3 Å². The van der Waals surface area contributed by atoms with E-state index in [-0.39, 0.29) is 5.28 Å². The van der Waals surface area contributed by atoms with E-state index in [0.717, 1.165) is 18.0 Å². The molecule has 1 aliphatic rings. The van der Waals surface area contributed by atoms with Gasteiger partial charge in [-0.2, -0.15) is 20.1 Å². The molecule has 3 heterocycles. The molecule has 1 aliphatic heterocycles. The third kappa shape index (κ3) is 3.21. The first-order chi connectivity index (χ1) is 9.70. The van der Waals surface area contributed by atoms with E-state index in [2.05, 4.69) is 25.0 Å². The monoisotopic (exact) mass is 310 g/mol. The summed E-state index contributed by atoms with van der Waals surface area (Å²) < 4.78 is 1.75. The van der Waals surface area contributed by atoms with E-state index in [9.17, 15) is 0 Å². The molecular formula is C12H15ClN6S. The quantitative estimate of drug-likeness (QED) is 0.867. The molecule has 1 saturated heterocycles. The predicted molar refractivity (Wildman–Crippen MR) is 78.2 cm³/mol. The molecular weight excluding hydrogens is 296 g/mol. The molecule has 3 rings (SSSR count). The molecule has 1 fully saturated rings. The average molecular weight is 311 g/mol. The number of anilines is 1. The molecule has 0 radical (unpaired) electrons. The summed E-state index contributed by atoms with van der Waals surface area (Å²) in [4.78, 5) is 16.1. The standard InChI is InChI=1S/C12H15ClN6S/c1-18-8-9(7-14-18)20-12-16-10(13)15-11(17-12)19-5-3-2-4-6-19/h7-8H,2-6H2,1H3. The number of halogens is 1. The average Bonchev–Trinajstić information content (AvgIpc) is 2.84. The molecule has 0 unspecified atom stereocenters. The van der Waals surface area contributed by atoms with Crippen molar-refractivity contribution >= 4 is 29.3 Å². The van der Waals surface area contributed by atoms with Crippen LogP contribution < -0.4 is 4.90 Å². The minimum atomic E-state index is 0.243. The largest absolute Gasteiger partial charge is 0.341 e. The Bertz CT molecular complexity index is 595. The van der Waals surface area contributed by atoms with Crippen LogP contribution in [0.25, 0.3) is 0 Å². The molecule has 0 amide bonds. The van der Waals surface area contributed by atoms with E-state index in [4.69, 9.17) is 11.6 Å². The normalized spacial score (nSPS) is 15.6. The van der Waals surface area contributed by atoms with Crippen LogP contribution in [-0.4, -0.2) is 37.8 Å². The highest BCUT2D eigenvalue weighted by Gasteiger charge is 2.16. The van der Waals surface area contributed by atoms with Crippen molar-refractivity contribution in [3.8, 4) is 0 Å². The highest BCUT2D eigenvalue weighted by atomic mass is 35.5. The van der Waals surface area contributed by atoms with Crippen LogP contribution >= 0.6 is 23.4 Å². The number of aromatic nitrogens is 5. The second-order valence-corrected chi connectivity index (χ2v) is 6.07. The molecule has 2 aromatic rings. The van der Waals surface area contributed by atoms with Crippen LogP contribution in [0.15, 0.2) is 22.4 Å². The van der Waals surface area contributed by atoms with E-state index < -0.39 is 0 Å². The zero-order chi connectivity index (χ0) is 13.9. The first-order valence-corrected chi connectivity index (χ1v) is 7.73. The minimum Gasteiger partial charge on any atom is -0.341 e. The highest BCUT2D eigenvalue weighted by Crippen LogP contribution is 2.26. The lowest BCUT2D eigenvalue weighted by molar-refractivity contribution is 0.564. The van der Waals surface area contributed by atoms with Crippen molar-refractivity contribution in [3.63, 3.8) is 0 Å². The molecule has 0 N–H and O–H groups in total. The van der Waals surface area contributed by atoms with Gasteiger partial charge in [-0.3, -0.25) is 4.68 Å². The Balaban J connectivity index is 1.82. The van der Waals surface area contributed by atoms with Crippen molar-refractivity contribution in [2.24, 2.45) is 7.05 Å². The van der Waals surface area contributed by atoms with Crippen LogP contribution in [0.5, 0.6) is 0 Å². The predicted octanol–water partition coefficient (Wildman–Crippen LogP) is 2.40. The number of hydrogen-bond acceptors (Lipinski definition) is 6. The molecule has 0 saturated carbocycles. The Hall–Kier alpha value is -1.34. The molecule has 20 heavy (non-hydrogen) atoms. The zero-order valence-electron chi connectivity index (χ0n) is 11.2. The van der Waals surface area contributed by atoms with Crippen molar-refractivity contribution in [3.05, 3.63) is 17.7 Å². The molecule has 0 atom stereocenters. The molecule has 6 nitrogen and oxygen atoms in total. The number of piperidine rings is 1. The third-order valence-corrected chi connectivity index (χ3v) is 4.09. The van der Waals surface area contributed by atoms with Crippen LogP contribution in [0.4, 0.5) is 5.95 Å². The van der Waals surface area contributed by atoms with E-state index in [1.165, 1.54) is 31.0 Å². The Kier molecular flexibility index (Phi) is 4.07. The Labute approximate surface area is 126 Å². The summed E-state index contributed by atoms with van der Waals surface area (Å²) in [5, 5.41) is 4.98. The number of rotatable bonds is 3. The molecule has 2 aromatic heterocycles. The van der Waals surface area contributed by atoms with E-state index in [1.807, 2.05) is 13.2 Å². The van der Waals surface area contributed by atoms with Crippen molar-refractivity contribution < 1.29 is 0 Å². The maximum absolute atomic E-state index is 6.02. The smallest absolute Gasteiger partial charge is 0.230 e. The van der Waals surface area contributed by atoms with E-state index in [1.54, 1.807) is 10.9 Å². The fourth-order valence-corrected chi connectivity index (χ4v) is 3.14. The molecule has 0 aromatic carbocycles.